The summed E-state index contributed by atoms with van der Waals surface area (Å²) >= 11 is 0. The fraction of sp³-hybridized carbons (Fsp3) is 0.0638. The molecule has 0 saturated heterocycles. The minimum Gasteiger partial charge on any atom is -0.306 e. The molecule has 248 valence electrons. The third-order valence-electron chi connectivity index (χ3n) is 10.8. The number of hydrogen-bond donors (Lipinski definition) is 0. The molecule has 1 aliphatic carbocycles. The lowest BCUT2D eigenvalue weighted by molar-refractivity contribution is 0.629. The number of anilines is 6. The van der Waals surface area contributed by atoms with Gasteiger partial charge in [-0.1, -0.05) is 117 Å². The van der Waals surface area contributed by atoms with Gasteiger partial charge in [0.15, 0.2) is 0 Å². The van der Waals surface area contributed by atoms with Crippen molar-refractivity contribution in [3.8, 4) is 11.1 Å². The third kappa shape index (κ3) is 4.39. The van der Waals surface area contributed by atoms with Gasteiger partial charge in [-0.25, -0.2) is 14.4 Å². The van der Waals surface area contributed by atoms with E-state index in [-0.39, 0.29) is 11.2 Å². The monoisotopic (exact) mass is 672 g/mol. The number of nitrogens with zero attached hydrogens (tertiary/aromatic N) is 4. The second kappa shape index (κ2) is 11.5. The van der Waals surface area contributed by atoms with E-state index in [4.69, 9.17) is 0 Å². The zero-order valence-electron chi connectivity index (χ0n) is 28.8. The summed E-state index contributed by atoms with van der Waals surface area (Å²) in [6, 6.07) is 52.0. The minimum atomic E-state index is -0.276. The molecule has 1 aromatic heterocycles. The fourth-order valence-corrected chi connectivity index (χ4v) is 8.49. The van der Waals surface area contributed by atoms with Crippen molar-refractivity contribution in [1.82, 2.24) is 9.97 Å². The van der Waals surface area contributed by atoms with Gasteiger partial charge in [0.25, 0.3) is 0 Å². The molecule has 0 unspecified atom stereocenters. The minimum absolute atomic E-state index is 0.198. The van der Waals surface area contributed by atoms with Crippen LogP contribution in [0.15, 0.2) is 164 Å². The Balaban J connectivity index is 1.27. The van der Waals surface area contributed by atoms with Gasteiger partial charge in [0.1, 0.15) is 18.0 Å². The second-order valence-electron chi connectivity index (χ2n) is 14.0. The van der Waals surface area contributed by atoms with Crippen LogP contribution in [0.4, 0.5) is 38.6 Å². The van der Waals surface area contributed by atoms with Crippen LogP contribution in [-0.4, -0.2) is 9.97 Å². The van der Waals surface area contributed by atoms with Gasteiger partial charge in [-0.2, -0.15) is 0 Å². The molecule has 0 atom stereocenters. The molecule has 0 aliphatic heterocycles. The average Bonchev–Trinajstić information content (AvgIpc) is 3.43. The first-order valence-corrected chi connectivity index (χ1v) is 17.6. The number of halogens is 1. The van der Waals surface area contributed by atoms with E-state index in [1.54, 1.807) is 24.7 Å². The lowest BCUT2D eigenvalue weighted by Gasteiger charge is -2.31. The van der Waals surface area contributed by atoms with Gasteiger partial charge >= 0.3 is 0 Å². The van der Waals surface area contributed by atoms with Gasteiger partial charge in [-0.3, -0.25) is 4.90 Å². The maximum Gasteiger partial charge on any atom is 0.147 e. The van der Waals surface area contributed by atoms with Crippen LogP contribution in [0.2, 0.25) is 0 Å². The number of rotatable bonds is 6. The Morgan fingerprint density at radius 1 is 0.519 bits per heavy atom. The van der Waals surface area contributed by atoms with Crippen LogP contribution in [0.3, 0.4) is 0 Å². The van der Waals surface area contributed by atoms with E-state index in [9.17, 15) is 0 Å². The van der Waals surface area contributed by atoms with Gasteiger partial charge in [-0.15, -0.1) is 0 Å². The highest BCUT2D eigenvalue weighted by Crippen LogP contribution is 2.55. The van der Waals surface area contributed by atoms with Crippen molar-refractivity contribution in [1.29, 1.82) is 0 Å². The quantitative estimate of drug-likeness (QED) is 0.165. The Hall–Kier alpha value is -6.59. The molecule has 1 aliphatic rings. The van der Waals surface area contributed by atoms with Crippen molar-refractivity contribution in [3.63, 3.8) is 0 Å². The van der Waals surface area contributed by atoms with E-state index in [1.165, 1.54) is 16.7 Å². The molecule has 8 aromatic carbocycles. The third-order valence-corrected chi connectivity index (χ3v) is 10.8. The molecule has 52 heavy (non-hydrogen) atoms. The van der Waals surface area contributed by atoms with Gasteiger partial charge in [0, 0.05) is 33.6 Å². The van der Waals surface area contributed by atoms with Crippen LogP contribution in [0, 0.1) is 5.82 Å². The molecule has 0 saturated carbocycles. The van der Waals surface area contributed by atoms with Gasteiger partial charge < -0.3 is 4.90 Å². The van der Waals surface area contributed by atoms with Crippen LogP contribution in [0.1, 0.15) is 25.0 Å². The normalized spacial score (nSPS) is 13.1. The molecule has 0 fully saturated rings. The Morgan fingerprint density at radius 3 is 1.85 bits per heavy atom. The van der Waals surface area contributed by atoms with E-state index >= 15 is 4.39 Å². The van der Waals surface area contributed by atoms with E-state index in [0.29, 0.717) is 5.69 Å². The first-order chi connectivity index (χ1) is 25.5. The molecule has 0 spiro atoms. The number of aromatic nitrogens is 2. The summed E-state index contributed by atoms with van der Waals surface area (Å²) in [6.07, 6.45) is 3.36. The Morgan fingerprint density at radius 2 is 1.13 bits per heavy atom. The summed E-state index contributed by atoms with van der Waals surface area (Å²) in [5.74, 6) is 0.505. The molecule has 0 amide bonds. The number of fused-ring (bicyclic) bond motifs is 3. The predicted octanol–water partition coefficient (Wildman–Crippen LogP) is 12.8. The Bertz CT molecular complexity index is 2760. The molecule has 0 bridgehead atoms. The molecule has 9 aromatic rings. The topological polar surface area (TPSA) is 32.3 Å². The standard InChI is InChI=1S/C47H33FN4/c1-47(2)36-14-7-6-13-33(36)46-37(47)15-10-18-42(46)52(41-17-9-8-16-38(41)48)40-26-22-31-19-23-34-39(25-21-30-20-24-35(40)45(31)44(30)34)51(32-11-4-3-5-12-32)43-27-28-49-29-50-43/h3-29H,1-2H3. The van der Waals surface area contributed by atoms with Crippen LogP contribution in [0.5, 0.6) is 0 Å². The highest BCUT2D eigenvalue weighted by Gasteiger charge is 2.38. The summed E-state index contributed by atoms with van der Waals surface area (Å²) in [6.45, 7) is 4.56. The Kier molecular flexibility index (Phi) is 6.67. The molecule has 5 heteroatoms. The van der Waals surface area contributed by atoms with Crippen LogP contribution >= 0.6 is 0 Å². The van der Waals surface area contributed by atoms with Gasteiger partial charge in [-0.05, 0) is 86.8 Å². The van der Waals surface area contributed by atoms with Gasteiger partial charge in [0.2, 0.25) is 0 Å². The summed E-state index contributed by atoms with van der Waals surface area (Å²) in [5.41, 5.74) is 9.05. The van der Waals surface area contributed by atoms with E-state index in [0.717, 1.165) is 66.4 Å². The molecule has 10 rings (SSSR count). The van der Waals surface area contributed by atoms with E-state index in [2.05, 4.69) is 137 Å². The fourth-order valence-electron chi connectivity index (χ4n) is 8.49. The molecule has 0 radical (unpaired) electrons. The maximum absolute atomic E-state index is 16.2. The molecule has 0 N–H and O–H groups in total. The van der Waals surface area contributed by atoms with Crippen LogP contribution < -0.4 is 9.80 Å². The molecular weight excluding hydrogens is 640 g/mol. The Labute approximate surface area is 301 Å². The smallest absolute Gasteiger partial charge is 0.147 e. The summed E-state index contributed by atoms with van der Waals surface area (Å²) < 4.78 is 16.2. The highest BCUT2D eigenvalue weighted by molar-refractivity contribution is 6.28. The van der Waals surface area contributed by atoms with E-state index in [1.807, 2.05) is 36.4 Å². The average molecular weight is 673 g/mol. The SMILES string of the molecule is CC1(C)c2ccccc2-c2c(N(c3ccccc3F)c3ccc4ccc5c(N(c6ccccc6)c6ccncn6)ccc6ccc3c4c65)cccc21. The largest absolute Gasteiger partial charge is 0.306 e. The summed E-state index contributed by atoms with van der Waals surface area (Å²) in [7, 11) is 0. The van der Waals surface area contributed by atoms with Crippen molar-refractivity contribution in [2.75, 3.05) is 9.80 Å². The zero-order chi connectivity index (χ0) is 35.0. The first-order valence-electron chi connectivity index (χ1n) is 17.6. The number of benzene rings is 8. The molecule has 4 nitrogen and oxygen atoms in total. The molecule has 1 heterocycles. The van der Waals surface area contributed by atoms with Crippen molar-refractivity contribution in [2.24, 2.45) is 0 Å². The van der Waals surface area contributed by atoms with Crippen molar-refractivity contribution in [2.45, 2.75) is 19.3 Å². The summed E-state index contributed by atoms with van der Waals surface area (Å²) in [4.78, 5) is 13.2. The van der Waals surface area contributed by atoms with Crippen molar-refractivity contribution in [3.05, 3.63) is 181 Å². The second-order valence-corrected chi connectivity index (χ2v) is 14.0. The molecular formula is C47H33FN4. The summed E-state index contributed by atoms with van der Waals surface area (Å²) in [5, 5.41) is 6.71. The highest BCUT2D eigenvalue weighted by atomic mass is 19.1. The lowest BCUT2D eigenvalue weighted by Crippen LogP contribution is -2.16. The van der Waals surface area contributed by atoms with Crippen LogP contribution in [0.25, 0.3) is 43.4 Å². The van der Waals surface area contributed by atoms with Crippen LogP contribution in [-0.2, 0) is 5.41 Å². The van der Waals surface area contributed by atoms with Crippen molar-refractivity contribution >= 4 is 66.6 Å². The van der Waals surface area contributed by atoms with Crippen molar-refractivity contribution < 1.29 is 4.39 Å². The lowest BCUT2D eigenvalue weighted by atomic mass is 9.82. The van der Waals surface area contributed by atoms with Gasteiger partial charge in [0.05, 0.1) is 22.7 Å². The first kappa shape index (κ1) is 30.3. The zero-order valence-corrected chi connectivity index (χ0v) is 28.8. The predicted molar refractivity (Wildman–Crippen MR) is 213 cm³/mol. The number of para-hydroxylation sites is 2. The number of hydrogen-bond acceptors (Lipinski definition) is 4. The van der Waals surface area contributed by atoms with E-state index < -0.39 is 0 Å². The maximum atomic E-state index is 16.2.